The summed E-state index contributed by atoms with van der Waals surface area (Å²) in [6.45, 7) is 3.73. The van der Waals surface area contributed by atoms with Crippen molar-refractivity contribution >= 4 is 34.2 Å². The number of carbonyl (C=O) groups excluding carboxylic acids is 1. The van der Waals surface area contributed by atoms with Crippen molar-refractivity contribution in [1.29, 1.82) is 0 Å². The van der Waals surface area contributed by atoms with E-state index < -0.39 is 6.10 Å². The lowest BCUT2D eigenvalue weighted by molar-refractivity contribution is -0.122. The van der Waals surface area contributed by atoms with Crippen molar-refractivity contribution in [3.8, 4) is 5.75 Å². The van der Waals surface area contributed by atoms with Gasteiger partial charge in [-0.1, -0.05) is 18.2 Å². The highest BCUT2D eigenvalue weighted by atomic mass is 127. The Morgan fingerprint density at radius 2 is 1.95 bits per heavy atom. The number of rotatable bonds is 4. The first-order valence-electron chi connectivity index (χ1n) is 6.34. The molecule has 0 aromatic heterocycles. The summed E-state index contributed by atoms with van der Waals surface area (Å²) in [6, 6.07) is 15.3. The highest BCUT2D eigenvalue weighted by molar-refractivity contribution is 14.1. The number of hydrogen-bond acceptors (Lipinski definition) is 2. The van der Waals surface area contributed by atoms with Crippen molar-refractivity contribution in [2.45, 2.75) is 20.0 Å². The van der Waals surface area contributed by atoms with Crippen LogP contribution in [0.5, 0.6) is 5.75 Å². The van der Waals surface area contributed by atoms with Crippen molar-refractivity contribution in [1.82, 2.24) is 0 Å². The minimum atomic E-state index is -0.547. The molecular formula is C16H16INO2. The summed E-state index contributed by atoms with van der Waals surface area (Å²) in [4.78, 5) is 12.1. The van der Waals surface area contributed by atoms with E-state index in [-0.39, 0.29) is 5.91 Å². The fourth-order valence-corrected chi connectivity index (χ4v) is 2.30. The van der Waals surface area contributed by atoms with Crippen molar-refractivity contribution in [2.24, 2.45) is 0 Å². The molecule has 0 aliphatic rings. The minimum Gasteiger partial charge on any atom is -0.481 e. The van der Waals surface area contributed by atoms with Crippen molar-refractivity contribution < 1.29 is 9.53 Å². The summed E-state index contributed by atoms with van der Waals surface area (Å²) in [5.41, 5.74) is 1.88. The number of carbonyl (C=O) groups is 1. The van der Waals surface area contributed by atoms with Crippen LogP contribution >= 0.6 is 22.6 Å². The molecule has 0 radical (unpaired) electrons. The van der Waals surface area contributed by atoms with Gasteiger partial charge in [-0.2, -0.15) is 0 Å². The molecule has 1 N–H and O–H groups in total. The van der Waals surface area contributed by atoms with Gasteiger partial charge >= 0.3 is 0 Å². The Labute approximate surface area is 132 Å². The van der Waals surface area contributed by atoms with Gasteiger partial charge in [0.1, 0.15) is 5.75 Å². The molecule has 1 amide bonds. The highest BCUT2D eigenvalue weighted by Crippen LogP contribution is 2.16. The predicted octanol–water partition coefficient (Wildman–Crippen LogP) is 4.01. The van der Waals surface area contributed by atoms with Crippen LogP contribution in [0.25, 0.3) is 0 Å². The standard InChI is InChI=1S/C16H16INO2/c1-11-5-3-8-15(9-11)20-12(2)16(19)18-14-7-4-6-13(17)10-14/h3-10,12H,1-2H3,(H,18,19)/t12-/m0/s1. The Balaban J connectivity index is 1.98. The Morgan fingerprint density at radius 1 is 1.20 bits per heavy atom. The van der Waals surface area contributed by atoms with Gasteiger partial charge in [-0.05, 0) is 72.3 Å². The van der Waals surface area contributed by atoms with E-state index >= 15 is 0 Å². The second kappa shape index (κ2) is 6.74. The zero-order valence-corrected chi connectivity index (χ0v) is 13.5. The molecule has 0 fully saturated rings. The lowest BCUT2D eigenvalue weighted by Crippen LogP contribution is -2.30. The average molecular weight is 381 g/mol. The number of amides is 1. The summed E-state index contributed by atoms with van der Waals surface area (Å²) in [6.07, 6.45) is -0.547. The molecule has 4 heteroatoms. The number of benzene rings is 2. The van der Waals surface area contributed by atoms with Gasteiger partial charge in [0, 0.05) is 9.26 Å². The number of nitrogens with one attached hydrogen (secondary N) is 1. The van der Waals surface area contributed by atoms with Crippen molar-refractivity contribution in [2.75, 3.05) is 5.32 Å². The minimum absolute atomic E-state index is 0.159. The molecule has 2 rings (SSSR count). The maximum Gasteiger partial charge on any atom is 0.265 e. The average Bonchev–Trinajstić information content (AvgIpc) is 2.38. The second-order valence-corrected chi connectivity index (χ2v) is 5.82. The van der Waals surface area contributed by atoms with E-state index in [1.54, 1.807) is 6.92 Å². The second-order valence-electron chi connectivity index (χ2n) is 4.58. The monoisotopic (exact) mass is 381 g/mol. The fraction of sp³-hybridized carbons (Fsp3) is 0.188. The van der Waals surface area contributed by atoms with E-state index in [2.05, 4.69) is 27.9 Å². The van der Waals surface area contributed by atoms with Crippen LogP contribution in [0.15, 0.2) is 48.5 Å². The number of ether oxygens (including phenoxy) is 1. The molecule has 2 aromatic rings. The van der Waals surface area contributed by atoms with Gasteiger partial charge in [-0.15, -0.1) is 0 Å². The lowest BCUT2D eigenvalue weighted by atomic mass is 10.2. The number of aryl methyl sites for hydroxylation is 1. The van der Waals surface area contributed by atoms with Crippen molar-refractivity contribution in [3.05, 3.63) is 57.7 Å². The van der Waals surface area contributed by atoms with E-state index in [4.69, 9.17) is 4.74 Å². The summed E-state index contributed by atoms with van der Waals surface area (Å²) in [5, 5.41) is 2.85. The third-order valence-corrected chi connectivity index (χ3v) is 3.43. The SMILES string of the molecule is Cc1cccc(O[C@@H](C)C(=O)Nc2cccc(I)c2)c1. The largest absolute Gasteiger partial charge is 0.481 e. The van der Waals surface area contributed by atoms with Crippen LogP contribution in [0.1, 0.15) is 12.5 Å². The van der Waals surface area contributed by atoms with E-state index in [9.17, 15) is 4.79 Å². The third kappa shape index (κ3) is 4.23. The topological polar surface area (TPSA) is 38.3 Å². The predicted molar refractivity (Wildman–Crippen MR) is 89.1 cm³/mol. The molecule has 104 valence electrons. The van der Waals surface area contributed by atoms with Crippen LogP contribution in [0.4, 0.5) is 5.69 Å². The zero-order valence-electron chi connectivity index (χ0n) is 11.4. The van der Waals surface area contributed by atoms with Gasteiger partial charge in [-0.25, -0.2) is 0 Å². The van der Waals surface area contributed by atoms with Crippen LogP contribution in [-0.4, -0.2) is 12.0 Å². The summed E-state index contributed by atoms with van der Waals surface area (Å²) >= 11 is 2.21. The normalized spacial score (nSPS) is 11.8. The molecule has 3 nitrogen and oxygen atoms in total. The van der Waals surface area contributed by atoms with Crippen LogP contribution in [0.3, 0.4) is 0 Å². The van der Waals surface area contributed by atoms with Gasteiger partial charge in [-0.3, -0.25) is 4.79 Å². The van der Waals surface area contributed by atoms with Gasteiger partial charge in [0.2, 0.25) is 0 Å². The van der Waals surface area contributed by atoms with Gasteiger partial charge in [0.15, 0.2) is 6.10 Å². The highest BCUT2D eigenvalue weighted by Gasteiger charge is 2.14. The first kappa shape index (κ1) is 14.8. The molecular weight excluding hydrogens is 365 g/mol. The molecule has 0 saturated carbocycles. The molecule has 0 aliphatic heterocycles. The van der Waals surface area contributed by atoms with Gasteiger partial charge in [0.25, 0.3) is 5.91 Å². The van der Waals surface area contributed by atoms with Crippen LogP contribution < -0.4 is 10.1 Å². The van der Waals surface area contributed by atoms with E-state index in [1.165, 1.54) is 0 Å². The lowest BCUT2D eigenvalue weighted by Gasteiger charge is -2.15. The number of anilines is 1. The van der Waals surface area contributed by atoms with Crippen molar-refractivity contribution in [3.63, 3.8) is 0 Å². The third-order valence-electron chi connectivity index (χ3n) is 2.76. The van der Waals surface area contributed by atoms with Crippen LogP contribution in [-0.2, 0) is 4.79 Å². The zero-order chi connectivity index (χ0) is 14.5. The first-order valence-corrected chi connectivity index (χ1v) is 7.42. The molecule has 0 spiro atoms. The fourth-order valence-electron chi connectivity index (χ4n) is 1.76. The molecule has 0 bridgehead atoms. The van der Waals surface area contributed by atoms with Crippen LogP contribution in [0, 0.1) is 10.5 Å². The molecule has 2 aromatic carbocycles. The van der Waals surface area contributed by atoms with Gasteiger partial charge in [0.05, 0.1) is 0 Å². The maximum atomic E-state index is 12.1. The molecule has 0 unspecified atom stereocenters. The van der Waals surface area contributed by atoms with E-state index in [0.29, 0.717) is 5.75 Å². The first-order chi connectivity index (χ1) is 9.54. The molecule has 0 aliphatic carbocycles. The Bertz CT molecular complexity index is 613. The molecule has 0 heterocycles. The smallest absolute Gasteiger partial charge is 0.265 e. The van der Waals surface area contributed by atoms with E-state index in [0.717, 1.165) is 14.8 Å². The Hall–Kier alpha value is -1.56. The Kier molecular flexibility index (Phi) is 5.00. The summed E-state index contributed by atoms with van der Waals surface area (Å²) < 4.78 is 6.72. The summed E-state index contributed by atoms with van der Waals surface area (Å²) in [5.74, 6) is 0.545. The number of halogens is 1. The van der Waals surface area contributed by atoms with Gasteiger partial charge < -0.3 is 10.1 Å². The van der Waals surface area contributed by atoms with E-state index in [1.807, 2.05) is 55.5 Å². The maximum absolute atomic E-state index is 12.1. The molecule has 1 atom stereocenters. The molecule has 20 heavy (non-hydrogen) atoms. The molecule has 0 saturated heterocycles. The quantitative estimate of drug-likeness (QED) is 0.813. The number of hydrogen-bond donors (Lipinski definition) is 1. The van der Waals surface area contributed by atoms with Crippen LogP contribution in [0.2, 0.25) is 0 Å². The Morgan fingerprint density at radius 3 is 2.65 bits per heavy atom. The summed E-state index contributed by atoms with van der Waals surface area (Å²) in [7, 11) is 0.